The summed E-state index contributed by atoms with van der Waals surface area (Å²) in [7, 11) is 0. The summed E-state index contributed by atoms with van der Waals surface area (Å²) in [6.45, 7) is 0.521. The van der Waals surface area contributed by atoms with Crippen molar-refractivity contribution < 1.29 is 9.59 Å². The molecule has 2 aromatic heterocycles. The van der Waals surface area contributed by atoms with Crippen LogP contribution >= 0.6 is 0 Å². The van der Waals surface area contributed by atoms with Crippen molar-refractivity contribution in [3.63, 3.8) is 0 Å². The maximum absolute atomic E-state index is 14.1. The second kappa shape index (κ2) is 10.1. The molecule has 2 fully saturated rings. The Morgan fingerprint density at radius 1 is 1.11 bits per heavy atom. The first-order chi connectivity index (χ1) is 17.2. The number of likely N-dealkylation sites (tertiary alicyclic amines) is 1. The zero-order valence-electron chi connectivity index (χ0n) is 19.6. The maximum atomic E-state index is 14.1. The van der Waals surface area contributed by atoms with Crippen molar-refractivity contribution in [2.75, 3.05) is 11.4 Å². The van der Waals surface area contributed by atoms with Crippen LogP contribution in [0.1, 0.15) is 56.6 Å². The molecule has 0 radical (unpaired) electrons. The highest BCUT2D eigenvalue weighted by atomic mass is 16.2. The van der Waals surface area contributed by atoms with Crippen LogP contribution in [-0.2, 0) is 9.59 Å². The zero-order valence-corrected chi connectivity index (χ0v) is 19.6. The number of anilines is 1. The number of nitrogens with one attached hydrogen (secondary N) is 2. The molecule has 1 unspecified atom stereocenters. The van der Waals surface area contributed by atoms with Crippen LogP contribution in [0.3, 0.4) is 0 Å². The lowest BCUT2D eigenvalue weighted by Gasteiger charge is -2.33. The second-order valence-corrected chi connectivity index (χ2v) is 9.27. The molecule has 35 heavy (non-hydrogen) atoms. The molecule has 3 aromatic rings. The smallest absolute Gasteiger partial charge is 0.253 e. The van der Waals surface area contributed by atoms with E-state index in [2.05, 4.69) is 26.5 Å². The predicted molar refractivity (Wildman–Crippen MR) is 131 cm³/mol. The summed E-state index contributed by atoms with van der Waals surface area (Å²) in [5, 5.41) is 12.8. The molecule has 1 saturated heterocycles. The molecule has 9 heteroatoms. The van der Waals surface area contributed by atoms with Crippen LogP contribution in [0.5, 0.6) is 0 Å². The highest BCUT2D eigenvalue weighted by Gasteiger charge is 2.42. The van der Waals surface area contributed by atoms with Crippen LogP contribution < -0.4 is 10.2 Å². The Hall–Kier alpha value is -3.93. The van der Waals surface area contributed by atoms with Crippen molar-refractivity contribution in [3.8, 4) is 6.19 Å². The highest BCUT2D eigenvalue weighted by molar-refractivity contribution is 6.03. The van der Waals surface area contributed by atoms with Gasteiger partial charge in [-0.1, -0.05) is 37.5 Å². The van der Waals surface area contributed by atoms with Gasteiger partial charge < -0.3 is 10.3 Å². The summed E-state index contributed by atoms with van der Waals surface area (Å²) in [6, 6.07) is 9.52. The monoisotopic (exact) mass is 471 g/mol. The van der Waals surface area contributed by atoms with E-state index in [1.165, 1.54) is 16.2 Å². The second-order valence-electron chi connectivity index (χ2n) is 9.27. The number of fused-ring (bicyclic) bond motifs is 1. The average Bonchev–Trinajstić information content (AvgIpc) is 3.54. The maximum Gasteiger partial charge on any atom is 0.253 e. The molecule has 0 bridgehead atoms. The molecule has 5 rings (SSSR count). The Kier molecular flexibility index (Phi) is 6.62. The number of carbonyl (C=O) groups is 2. The van der Waals surface area contributed by atoms with E-state index >= 15 is 0 Å². The minimum atomic E-state index is -0.972. The molecule has 2 aliphatic rings. The molecule has 9 nitrogen and oxygen atoms in total. The Balaban J connectivity index is 1.59. The first-order valence-corrected chi connectivity index (χ1v) is 12.3. The van der Waals surface area contributed by atoms with Crippen molar-refractivity contribution in [3.05, 3.63) is 54.4 Å². The average molecular weight is 472 g/mol. The first kappa shape index (κ1) is 22.8. The summed E-state index contributed by atoms with van der Waals surface area (Å²) >= 11 is 0. The van der Waals surface area contributed by atoms with Gasteiger partial charge in [-0.2, -0.15) is 5.26 Å². The van der Waals surface area contributed by atoms with E-state index in [-0.39, 0.29) is 23.8 Å². The number of rotatable bonds is 6. The number of hydrogen-bond acceptors (Lipinski definition) is 6. The SMILES string of the molecule is N#CN1CCC[C@@H]1C(=O)N(c1nc2ccccc2[nH]1)C(C(=O)NC1CCCCC1)c1cccnc1. The van der Waals surface area contributed by atoms with E-state index in [9.17, 15) is 14.9 Å². The quantitative estimate of drug-likeness (QED) is 0.532. The summed E-state index contributed by atoms with van der Waals surface area (Å²) in [5.41, 5.74) is 2.05. The van der Waals surface area contributed by atoms with Gasteiger partial charge in [0.2, 0.25) is 11.9 Å². The molecule has 1 aromatic carbocycles. The molecular formula is C26H29N7O2. The fourth-order valence-electron chi connectivity index (χ4n) is 5.19. The summed E-state index contributed by atoms with van der Waals surface area (Å²) in [4.78, 5) is 43.0. The topological polar surface area (TPSA) is 118 Å². The molecule has 2 amide bonds. The van der Waals surface area contributed by atoms with Crippen LogP contribution in [0, 0.1) is 11.5 Å². The van der Waals surface area contributed by atoms with Crippen LogP contribution in [0.15, 0.2) is 48.8 Å². The van der Waals surface area contributed by atoms with Gasteiger partial charge in [0.25, 0.3) is 5.91 Å². The van der Waals surface area contributed by atoms with Crippen LogP contribution in [0.4, 0.5) is 5.95 Å². The predicted octanol–water partition coefficient (Wildman–Crippen LogP) is 3.43. The lowest BCUT2D eigenvalue weighted by atomic mass is 9.94. The molecular weight excluding hydrogens is 442 g/mol. The number of pyridine rings is 1. The van der Waals surface area contributed by atoms with Crippen molar-refractivity contribution in [2.45, 2.75) is 63.1 Å². The molecule has 2 N–H and O–H groups in total. The number of amides is 2. The Labute approximate surface area is 204 Å². The number of imidazole rings is 1. The van der Waals surface area contributed by atoms with Gasteiger partial charge in [-0.25, -0.2) is 4.98 Å². The van der Waals surface area contributed by atoms with E-state index in [0.29, 0.717) is 24.0 Å². The number of para-hydroxylation sites is 2. The molecule has 1 aliphatic carbocycles. The fourth-order valence-corrected chi connectivity index (χ4v) is 5.19. The Morgan fingerprint density at radius 2 is 1.94 bits per heavy atom. The van der Waals surface area contributed by atoms with Gasteiger partial charge in [-0.15, -0.1) is 0 Å². The largest absolute Gasteiger partial charge is 0.351 e. The van der Waals surface area contributed by atoms with Gasteiger partial charge in [0.05, 0.1) is 11.0 Å². The van der Waals surface area contributed by atoms with Crippen molar-refractivity contribution in [1.29, 1.82) is 5.26 Å². The molecule has 3 heterocycles. The summed E-state index contributed by atoms with van der Waals surface area (Å²) in [5.74, 6) is -0.301. The minimum Gasteiger partial charge on any atom is -0.351 e. The van der Waals surface area contributed by atoms with Gasteiger partial charge in [0.1, 0.15) is 12.1 Å². The minimum absolute atomic E-state index is 0.0742. The fraction of sp³-hybridized carbons (Fsp3) is 0.423. The van der Waals surface area contributed by atoms with Crippen LogP contribution in [0.25, 0.3) is 11.0 Å². The molecule has 1 saturated carbocycles. The third-order valence-corrected chi connectivity index (χ3v) is 6.97. The molecule has 180 valence electrons. The van der Waals surface area contributed by atoms with Gasteiger partial charge in [0, 0.05) is 30.5 Å². The van der Waals surface area contributed by atoms with Gasteiger partial charge >= 0.3 is 0 Å². The zero-order chi connectivity index (χ0) is 24.2. The van der Waals surface area contributed by atoms with Gasteiger partial charge in [0.15, 0.2) is 6.19 Å². The standard InChI is InChI=1S/C26H29N7O2/c27-17-32-15-7-13-22(32)25(35)33(26-30-20-11-4-5-12-21(20)31-26)23(18-8-6-14-28-16-18)24(34)29-19-9-2-1-3-10-19/h4-6,8,11-12,14,16,19,22-23H,1-3,7,9-10,13,15H2,(H,29,34)(H,30,31)/t22-,23?/m1/s1. The Morgan fingerprint density at radius 3 is 2.69 bits per heavy atom. The van der Waals surface area contributed by atoms with Crippen LogP contribution in [0.2, 0.25) is 0 Å². The third kappa shape index (κ3) is 4.69. The Bertz CT molecular complexity index is 1200. The number of H-pyrrole nitrogens is 1. The van der Waals surface area contributed by atoms with Gasteiger partial charge in [-0.3, -0.25) is 24.4 Å². The summed E-state index contributed by atoms with van der Waals surface area (Å²) in [6.07, 6.45) is 11.9. The van der Waals surface area contributed by atoms with E-state index < -0.39 is 12.1 Å². The number of benzene rings is 1. The van der Waals surface area contributed by atoms with Crippen molar-refractivity contribution in [2.24, 2.45) is 0 Å². The number of aromatic amines is 1. The van der Waals surface area contributed by atoms with E-state index in [1.807, 2.05) is 24.3 Å². The molecule has 0 spiro atoms. The number of aromatic nitrogens is 3. The third-order valence-electron chi connectivity index (χ3n) is 6.97. The van der Waals surface area contributed by atoms with E-state index in [4.69, 9.17) is 0 Å². The number of nitriles is 1. The van der Waals surface area contributed by atoms with E-state index in [1.54, 1.807) is 24.5 Å². The first-order valence-electron chi connectivity index (χ1n) is 12.3. The van der Waals surface area contributed by atoms with Crippen molar-refractivity contribution in [1.82, 2.24) is 25.2 Å². The summed E-state index contributed by atoms with van der Waals surface area (Å²) < 4.78 is 0. The van der Waals surface area contributed by atoms with Crippen LogP contribution in [-0.4, -0.2) is 50.3 Å². The number of carbonyl (C=O) groups excluding carboxylic acids is 2. The normalized spacial score (nSPS) is 19.3. The lowest BCUT2D eigenvalue weighted by molar-refractivity contribution is -0.128. The lowest BCUT2D eigenvalue weighted by Crippen LogP contribution is -2.52. The van der Waals surface area contributed by atoms with Crippen molar-refractivity contribution >= 4 is 28.8 Å². The van der Waals surface area contributed by atoms with Gasteiger partial charge in [-0.05, 0) is 43.9 Å². The number of nitrogens with zero attached hydrogens (tertiary/aromatic N) is 5. The molecule has 1 aliphatic heterocycles. The number of hydrogen-bond donors (Lipinski definition) is 2. The van der Waals surface area contributed by atoms with E-state index in [0.717, 1.165) is 37.6 Å². The molecule has 2 atom stereocenters. The highest BCUT2D eigenvalue weighted by Crippen LogP contribution is 2.31.